The third-order valence-corrected chi connectivity index (χ3v) is 4.08. The second-order valence-corrected chi connectivity index (χ2v) is 5.94. The minimum absolute atomic E-state index is 0.119. The summed E-state index contributed by atoms with van der Waals surface area (Å²) in [5.74, 6) is -0.634. The molecule has 0 atom stereocenters. The van der Waals surface area contributed by atoms with Crippen LogP contribution in [0.25, 0.3) is 0 Å². The van der Waals surface area contributed by atoms with Gasteiger partial charge < -0.3 is 10.6 Å². The number of nitrogens with one attached hydrogen (secondary N) is 2. The molecule has 0 saturated heterocycles. The molecule has 0 saturated carbocycles. The van der Waals surface area contributed by atoms with Crippen LogP contribution in [0.5, 0.6) is 0 Å². The van der Waals surface area contributed by atoms with E-state index in [2.05, 4.69) is 26.6 Å². The Bertz CT molecular complexity index is 719. The molecule has 4 nitrogen and oxygen atoms in total. The van der Waals surface area contributed by atoms with Gasteiger partial charge in [-0.15, -0.1) is 0 Å². The summed E-state index contributed by atoms with van der Waals surface area (Å²) in [4.78, 5) is 23.8. The van der Waals surface area contributed by atoms with Crippen LogP contribution in [0, 0.1) is 6.92 Å². The molecule has 2 aromatic rings. The van der Waals surface area contributed by atoms with E-state index >= 15 is 0 Å². The number of benzene rings is 2. The summed E-state index contributed by atoms with van der Waals surface area (Å²) in [6.45, 7) is 1.76. The van der Waals surface area contributed by atoms with E-state index in [9.17, 15) is 9.59 Å². The molecule has 0 aliphatic rings. The fraction of sp³-hybridized carbons (Fsp3) is 0.125. The fourth-order valence-electron chi connectivity index (χ4n) is 1.78. The van der Waals surface area contributed by atoms with E-state index in [1.54, 1.807) is 30.3 Å². The van der Waals surface area contributed by atoms with Crippen LogP contribution in [0.4, 0.5) is 5.69 Å². The number of carbonyl (C=O) groups excluding carboxylic acids is 2. The Morgan fingerprint density at radius 1 is 1.18 bits per heavy atom. The smallest absolute Gasteiger partial charge is 0.252 e. The average molecular weight is 382 g/mol. The first kappa shape index (κ1) is 16.5. The number of carbonyl (C=O) groups is 2. The lowest BCUT2D eigenvalue weighted by Crippen LogP contribution is -2.33. The van der Waals surface area contributed by atoms with Gasteiger partial charge in [-0.3, -0.25) is 9.59 Å². The SMILES string of the molecule is Cc1ccc(NC(=O)CNC(=O)c2ccccc2Br)cc1Cl. The van der Waals surface area contributed by atoms with E-state index in [1.807, 2.05) is 19.1 Å². The van der Waals surface area contributed by atoms with Gasteiger partial charge in [0.25, 0.3) is 5.91 Å². The van der Waals surface area contributed by atoms with Crippen LogP contribution in [-0.2, 0) is 4.79 Å². The maximum absolute atomic E-state index is 12.0. The first-order chi connectivity index (χ1) is 10.5. The molecule has 0 aromatic heterocycles. The van der Waals surface area contributed by atoms with Gasteiger partial charge in [0.15, 0.2) is 0 Å². The van der Waals surface area contributed by atoms with Gasteiger partial charge in [0.2, 0.25) is 5.91 Å². The Balaban J connectivity index is 1.91. The molecule has 0 heterocycles. The number of anilines is 1. The molecule has 0 radical (unpaired) electrons. The van der Waals surface area contributed by atoms with Gasteiger partial charge in [-0.25, -0.2) is 0 Å². The molecule has 2 rings (SSSR count). The summed E-state index contributed by atoms with van der Waals surface area (Å²) in [6.07, 6.45) is 0. The van der Waals surface area contributed by atoms with Crippen LogP contribution >= 0.6 is 27.5 Å². The summed E-state index contributed by atoms with van der Waals surface area (Å²) in [5.41, 5.74) is 2.01. The van der Waals surface area contributed by atoms with E-state index in [-0.39, 0.29) is 18.4 Å². The van der Waals surface area contributed by atoms with Crippen LogP contribution in [0.15, 0.2) is 46.9 Å². The third kappa shape index (κ3) is 4.32. The highest BCUT2D eigenvalue weighted by Crippen LogP contribution is 2.19. The average Bonchev–Trinajstić information content (AvgIpc) is 2.49. The Kier molecular flexibility index (Phi) is 5.57. The molecule has 2 N–H and O–H groups in total. The van der Waals surface area contributed by atoms with Crippen molar-refractivity contribution in [3.8, 4) is 0 Å². The molecule has 0 fully saturated rings. The van der Waals surface area contributed by atoms with E-state index in [4.69, 9.17) is 11.6 Å². The van der Waals surface area contributed by atoms with Crippen LogP contribution in [0.2, 0.25) is 5.02 Å². The molecular formula is C16H14BrClN2O2. The molecule has 6 heteroatoms. The molecular weight excluding hydrogens is 368 g/mol. The minimum Gasteiger partial charge on any atom is -0.343 e. The van der Waals surface area contributed by atoms with Crippen molar-refractivity contribution in [3.05, 3.63) is 63.1 Å². The predicted octanol–water partition coefficient (Wildman–Crippen LogP) is 3.78. The second-order valence-electron chi connectivity index (χ2n) is 4.67. The molecule has 2 amide bonds. The quantitative estimate of drug-likeness (QED) is 0.847. The summed E-state index contributed by atoms with van der Waals surface area (Å²) >= 11 is 9.29. The second kappa shape index (κ2) is 7.42. The van der Waals surface area contributed by atoms with E-state index in [0.717, 1.165) is 5.56 Å². The molecule has 0 bridgehead atoms. The van der Waals surface area contributed by atoms with Crippen molar-refractivity contribution < 1.29 is 9.59 Å². The zero-order valence-electron chi connectivity index (χ0n) is 11.8. The number of aryl methyl sites for hydroxylation is 1. The summed E-state index contributed by atoms with van der Waals surface area (Å²) in [6, 6.07) is 12.3. The first-order valence-electron chi connectivity index (χ1n) is 6.56. The largest absolute Gasteiger partial charge is 0.343 e. The molecule has 0 unspecified atom stereocenters. The van der Waals surface area contributed by atoms with Crippen molar-refractivity contribution in [2.24, 2.45) is 0 Å². The zero-order chi connectivity index (χ0) is 16.1. The summed E-state index contributed by atoms with van der Waals surface area (Å²) in [7, 11) is 0. The monoisotopic (exact) mass is 380 g/mol. The van der Waals surface area contributed by atoms with Gasteiger partial charge in [-0.2, -0.15) is 0 Å². The highest BCUT2D eigenvalue weighted by Gasteiger charge is 2.11. The maximum Gasteiger partial charge on any atom is 0.252 e. The third-order valence-electron chi connectivity index (χ3n) is 2.98. The first-order valence-corrected chi connectivity index (χ1v) is 7.73. The molecule has 22 heavy (non-hydrogen) atoms. The highest BCUT2D eigenvalue weighted by atomic mass is 79.9. The lowest BCUT2D eigenvalue weighted by atomic mass is 10.2. The van der Waals surface area contributed by atoms with E-state index in [0.29, 0.717) is 20.7 Å². The molecule has 2 aromatic carbocycles. The molecule has 0 aliphatic heterocycles. The van der Waals surface area contributed by atoms with Crippen LogP contribution < -0.4 is 10.6 Å². The highest BCUT2D eigenvalue weighted by molar-refractivity contribution is 9.10. The molecule has 0 spiro atoms. The summed E-state index contributed by atoms with van der Waals surface area (Å²) in [5, 5.41) is 5.83. The van der Waals surface area contributed by atoms with Gasteiger partial charge in [0.05, 0.1) is 12.1 Å². The van der Waals surface area contributed by atoms with Gasteiger partial charge in [0.1, 0.15) is 0 Å². The van der Waals surface area contributed by atoms with Gasteiger partial charge >= 0.3 is 0 Å². The molecule has 114 valence electrons. The van der Waals surface area contributed by atoms with Crippen LogP contribution in [-0.4, -0.2) is 18.4 Å². The van der Waals surface area contributed by atoms with Crippen molar-refractivity contribution in [2.45, 2.75) is 6.92 Å². The number of halogens is 2. The van der Waals surface area contributed by atoms with Crippen molar-refractivity contribution >= 4 is 45.0 Å². The Hall–Kier alpha value is -1.85. The topological polar surface area (TPSA) is 58.2 Å². The number of hydrogen-bond acceptors (Lipinski definition) is 2. The van der Waals surface area contributed by atoms with E-state index in [1.165, 1.54) is 0 Å². The predicted molar refractivity (Wildman–Crippen MR) is 91.3 cm³/mol. The minimum atomic E-state index is -0.319. The lowest BCUT2D eigenvalue weighted by molar-refractivity contribution is -0.115. The normalized spacial score (nSPS) is 10.1. The fourth-order valence-corrected chi connectivity index (χ4v) is 2.42. The summed E-state index contributed by atoms with van der Waals surface area (Å²) < 4.78 is 0.679. The number of hydrogen-bond donors (Lipinski definition) is 2. The Morgan fingerprint density at radius 3 is 2.59 bits per heavy atom. The van der Waals surface area contributed by atoms with Crippen molar-refractivity contribution in [2.75, 3.05) is 11.9 Å². The number of amides is 2. The standard InChI is InChI=1S/C16H14BrClN2O2/c1-10-6-7-11(8-14(10)18)20-15(21)9-19-16(22)12-4-2-3-5-13(12)17/h2-8H,9H2,1H3,(H,19,22)(H,20,21). The number of rotatable bonds is 4. The zero-order valence-corrected chi connectivity index (χ0v) is 14.2. The van der Waals surface area contributed by atoms with Crippen LogP contribution in [0.3, 0.4) is 0 Å². The maximum atomic E-state index is 12.0. The molecule has 0 aliphatic carbocycles. The lowest BCUT2D eigenvalue weighted by Gasteiger charge is -2.09. The van der Waals surface area contributed by atoms with Gasteiger partial charge in [-0.1, -0.05) is 29.8 Å². The Morgan fingerprint density at radius 2 is 1.91 bits per heavy atom. The van der Waals surface area contributed by atoms with E-state index < -0.39 is 0 Å². The van der Waals surface area contributed by atoms with Gasteiger partial charge in [-0.05, 0) is 52.7 Å². The Labute approximate surface area is 142 Å². The van der Waals surface area contributed by atoms with Crippen molar-refractivity contribution in [1.82, 2.24) is 5.32 Å². The van der Waals surface area contributed by atoms with Crippen LogP contribution in [0.1, 0.15) is 15.9 Å². The van der Waals surface area contributed by atoms with Gasteiger partial charge in [0, 0.05) is 15.2 Å². The van der Waals surface area contributed by atoms with Crippen molar-refractivity contribution in [1.29, 1.82) is 0 Å². The van der Waals surface area contributed by atoms with Crippen molar-refractivity contribution in [3.63, 3.8) is 0 Å².